The average molecular weight is 837 g/mol. The van der Waals surface area contributed by atoms with Crippen molar-refractivity contribution >= 4 is 109 Å². The van der Waals surface area contributed by atoms with Gasteiger partial charge in [0.2, 0.25) is 0 Å². The van der Waals surface area contributed by atoms with E-state index >= 15 is 0 Å². The first-order valence-corrected chi connectivity index (χ1v) is 22.6. The van der Waals surface area contributed by atoms with Crippen molar-refractivity contribution in [2.24, 2.45) is 0 Å². The summed E-state index contributed by atoms with van der Waals surface area (Å²) in [6, 6.07) is 70.0. The van der Waals surface area contributed by atoms with Gasteiger partial charge in [-0.05, 0) is 118 Å². The Morgan fingerprint density at radius 2 is 0.697 bits per heavy atom. The molecule has 16 rings (SSSR count). The van der Waals surface area contributed by atoms with Gasteiger partial charge in [-0.15, -0.1) is 0 Å². The van der Waals surface area contributed by atoms with Gasteiger partial charge in [-0.25, -0.2) is 9.97 Å². The molecule has 1 aliphatic carbocycles. The Kier molecular flexibility index (Phi) is 6.52. The summed E-state index contributed by atoms with van der Waals surface area (Å²) in [6.07, 6.45) is 0. The first-order chi connectivity index (χ1) is 32.7. The summed E-state index contributed by atoms with van der Waals surface area (Å²) in [5, 5.41) is 13.9. The molecule has 0 aliphatic heterocycles. The van der Waals surface area contributed by atoms with E-state index in [4.69, 9.17) is 18.8 Å². The first-order valence-electron chi connectivity index (χ1n) is 22.6. The molecule has 0 saturated heterocycles. The molecule has 11 aromatic carbocycles. The lowest BCUT2D eigenvalue weighted by Gasteiger charge is -2.17. The van der Waals surface area contributed by atoms with Gasteiger partial charge in [-0.3, -0.25) is 0 Å². The van der Waals surface area contributed by atoms with Crippen LogP contribution in [0, 0.1) is 0 Å². The molecule has 1 aliphatic rings. The number of furan rings is 2. The maximum atomic E-state index is 7.10. The van der Waals surface area contributed by atoms with Gasteiger partial charge < -0.3 is 8.83 Å². The molecule has 15 aromatic rings. The van der Waals surface area contributed by atoms with E-state index in [1.807, 2.05) is 12.1 Å². The molecule has 4 heteroatoms. The molecule has 66 heavy (non-hydrogen) atoms. The summed E-state index contributed by atoms with van der Waals surface area (Å²) < 4.78 is 13.8. The Morgan fingerprint density at radius 1 is 0.258 bits per heavy atom. The first kappa shape index (κ1) is 34.6. The summed E-state index contributed by atoms with van der Waals surface area (Å²) in [4.78, 5) is 10.6. The Hall–Kier alpha value is -8.86. The molecule has 0 amide bonds. The van der Waals surface area contributed by atoms with Crippen molar-refractivity contribution in [2.75, 3.05) is 0 Å². The van der Waals surface area contributed by atoms with Crippen LogP contribution >= 0.6 is 0 Å². The zero-order valence-electron chi connectivity index (χ0n) is 35.2. The van der Waals surface area contributed by atoms with Crippen molar-refractivity contribution < 1.29 is 8.83 Å². The molecule has 0 fully saturated rings. The van der Waals surface area contributed by atoms with Crippen LogP contribution in [0.4, 0.5) is 0 Å². The molecule has 4 heterocycles. The van der Waals surface area contributed by atoms with Crippen LogP contribution in [0.3, 0.4) is 0 Å². The van der Waals surface area contributed by atoms with Crippen molar-refractivity contribution in [1.82, 2.24) is 9.97 Å². The minimum absolute atomic E-state index is 0.802. The number of fused-ring (bicyclic) bond motifs is 11. The Morgan fingerprint density at radius 3 is 1.42 bits per heavy atom. The number of pyridine rings is 2. The highest BCUT2D eigenvalue weighted by Crippen LogP contribution is 2.52. The van der Waals surface area contributed by atoms with E-state index in [9.17, 15) is 0 Å². The standard InChI is InChI=1S/C62H32N2O2/c1-2-12-36-35(11-1)38-16-9-17-40-45(32-31-42(36)55(38)40)57-47-14-4-7-20-50(47)64-60-58-39(18-10-22-52(58)66-62(57)60)37-27-23-33-25-29-43-44(30-26-34-24-28-41(37)53(33)54(34)43)56-46-13-3-6-19-49(46)63-59-48-15-5-8-21-51(48)65-61(56)59/h1-32H. The van der Waals surface area contributed by atoms with Crippen molar-refractivity contribution in [3.05, 3.63) is 194 Å². The van der Waals surface area contributed by atoms with Crippen molar-refractivity contribution in [3.63, 3.8) is 0 Å². The quantitative estimate of drug-likeness (QED) is 0.166. The van der Waals surface area contributed by atoms with Gasteiger partial charge in [-0.1, -0.05) is 164 Å². The molecule has 0 N–H and O–H groups in total. The molecule has 0 atom stereocenters. The second kappa shape index (κ2) is 12.4. The van der Waals surface area contributed by atoms with Gasteiger partial charge in [0.15, 0.2) is 11.2 Å². The molecule has 0 radical (unpaired) electrons. The van der Waals surface area contributed by atoms with Crippen LogP contribution in [0.5, 0.6) is 0 Å². The summed E-state index contributed by atoms with van der Waals surface area (Å²) in [7, 11) is 0. The van der Waals surface area contributed by atoms with Crippen LogP contribution in [0.1, 0.15) is 0 Å². The number of nitrogens with zero attached hydrogens (tertiary/aromatic N) is 2. The summed E-state index contributed by atoms with van der Waals surface area (Å²) in [5.74, 6) is 0. The molecule has 0 saturated carbocycles. The van der Waals surface area contributed by atoms with Crippen molar-refractivity contribution in [1.29, 1.82) is 0 Å². The smallest absolute Gasteiger partial charge is 0.162 e. The highest BCUT2D eigenvalue weighted by atomic mass is 16.3. The third kappa shape index (κ3) is 4.38. The summed E-state index contributed by atoms with van der Waals surface area (Å²) >= 11 is 0. The molecule has 4 nitrogen and oxygen atoms in total. The zero-order chi connectivity index (χ0) is 42.8. The Labute approximate surface area is 375 Å². The predicted octanol–water partition coefficient (Wildman–Crippen LogP) is 17.3. The van der Waals surface area contributed by atoms with Crippen LogP contribution in [-0.4, -0.2) is 9.97 Å². The van der Waals surface area contributed by atoms with Crippen LogP contribution < -0.4 is 0 Å². The lowest BCUT2D eigenvalue weighted by molar-refractivity contribution is 0.669. The number of hydrogen-bond donors (Lipinski definition) is 0. The number of hydrogen-bond acceptors (Lipinski definition) is 4. The molecular weight excluding hydrogens is 805 g/mol. The number of rotatable bonds is 3. The maximum absolute atomic E-state index is 7.10. The fraction of sp³-hybridized carbons (Fsp3) is 0. The predicted molar refractivity (Wildman–Crippen MR) is 274 cm³/mol. The van der Waals surface area contributed by atoms with E-state index in [0.29, 0.717) is 0 Å². The second-order valence-electron chi connectivity index (χ2n) is 17.8. The van der Waals surface area contributed by atoms with Crippen LogP contribution in [0.15, 0.2) is 203 Å². The van der Waals surface area contributed by atoms with Crippen molar-refractivity contribution in [3.8, 4) is 55.6 Å². The van der Waals surface area contributed by atoms with Gasteiger partial charge in [0.1, 0.15) is 22.2 Å². The Balaban J connectivity index is 0.963. The minimum Gasteiger partial charge on any atom is -0.454 e. The van der Waals surface area contributed by atoms with Gasteiger partial charge in [-0.2, -0.15) is 0 Å². The molecule has 0 unspecified atom stereocenters. The van der Waals surface area contributed by atoms with Gasteiger partial charge in [0.05, 0.1) is 16.4 Å². The summed E-state index contributed by atoms with van der Waals surface area (Å²) in [5.41, 5.74) is 18.7. The van der Waals surface area contributed by atoms with E-state index in [0.717, 1.165) is 99.3 Å². The largest absolute Gasteiger partial charge is 0.454 e. The van der Waals surface area contributed by atoms with E-state index < -0.39 is 0 Å². The van der Waals surface area contributed by atoms with Crippen LogP contribution in [0.2, 0.25) is 0 Å². The summed E-state index contributed by atoms with van der Waals surface area (Å²) in [6.45, 7) is 0. The maximum Gasteiger partial charge on any atom is 0.162 e. The molecule has 0 bridgehead atoms. The minimum atomic E-state index is 0.802. The topological polar surface area (TPSA) is 52.1 Å². The third-order valence-corrected chi connectivity index (χ3v) is 14.6. The Bertz CT molecular complexity index is 4620. The average Bonchev–Trinajstić information content (AvgIpc) is 4.05. The lowest BCUT2D eigenvalue weighted by atomic mass is 9.86. The fourth-order valence-electron chi connectivity index (χ4n) is 11.8. The van der Waals surface area contributed by atoms with E-state index in [1.165, 1.54) is 65.3 Å². The SMILES string of the molecule is c1ccc2c(c1)-c1cccc3c(-c4c5ccccc5nc5c4oc4cccc(-c6ccc7ccc8c(-c9c%10ccccc%10nc%10c9oc9ccccc9%10)ccc9ccc6c7c98)c45)ccc-2c13. The molecule has 302 valence electrons. The van der Waals surface area contributed by atoms with Gasteiger partial charge >= 0.3 is 0 Å². The molecule has 4 aromatic heterocycles. The highest BCUT2D eigenvalue weighted by molar-refractivity contribution is 6.31. The zero-order valence-corrected chi connectivity index (χ0v) is 35.2. The number of aromatic nitrogens is 2. The monoisotopic (exact) mass is 836 g/mol. The van der Waals surface area contributed by atoms with Crippen LogP contribution in [0.25, 0.3) is 165 Å². The second-order valence-corrected chi connectivity index (χ2v) is 17.8. The van der Waals surface area contributed by atoms with Crippen LogP contribution in [-0.2, 0) is 0 Å². The third-order valence-electron chi connectivity index (χ3n) is 14.6. The van der Waals surface area contributed by atoms with Crippen molar-refractivity contribution in [2.45, 2.75) is 0 Å². The van der Waals surface area contributed by atoms with Gasteiger partial charge in [0, 0.05) is 27.3 Å². The van der Waals surface area contributed by atoms with E-state index in [2.05, 4.69) is 182 Å². The fourth-order valence-corrected chi connectivity index (χ4v) is 11.8. The van der Waals surface area contributed by atoms with Gasteiger partial charge in [0.25, 0.3) is 0 Å². The van der Waals surface area contributed by atoms with E-state index in [-0.39, 0.29) is 0 Å². The number of benzene rings is 11. The van der Waals surface area contributed by atoms with E-state index in [1.54, 1.807) is 0 Å². The normalized spacial score (nSPS) is 12.5. The molecule has 0 spiro atoms. The number of para-hydroxylation sites is 3. The lowest BCUT2D eigenvalue weighted by Crippen LogP contribution is -1.92. The molecular formula is C62H32N2O2. The highest BCUT2D eigenvalue weighted by Gasteiger charge is 2.27.